The standard InChI is InChI=1S/C13H21NO4/c1-8-4-3-5-9(2)14(8)12(15)10-6-7-11(18-10)13(16)17/h8-11H,3-7H2,1-2H3,(H,16,17)/t8-,9+,10-,11+/m0/s1. The first-order valence-corrected chi connectivity index (χ1v) is 6.71. The van der Waals surface area contributed by atoms with Gasteiger partial charge in [0.05, 0.1) is 0 Å². The highest BCUT2D eigenvalue weighted by Crippen LogP contribution is 2.28. The van der Waals surface area contributed by atoms with Crippen molar-refractivity contribution in [3.63, 3.8) is 0 Å². The lowest BCUT2D eigenvalue weighted by atomic mass is 9.96. The van der Waals surface area contributed by atoms with Crippen LogP contribution in [0.15, 0.2) is 0 Å². The fraction of sp³-hybridized carbons (Fsp3) is 0.846. The van der Waals surface area contributed by atoms with Crippen molar-refractivity contribution < 1.29 is 19.4 Å². The summed E-state index contributed by atoms with van der Waals surface area (Å²) in [4.78, 5) is 25.1. The Kier molecular flexibility index (Phi) is 3.90. The third-order valence-electron chi connectivity index (χ3n) is 4.02. The molecule has 2 aliphatic heterocycles. The van der Waals surface area contributed by atoms with Gasteiger partial charge >= 0.3 is 5.97 Å². The number of hydrogen-bond donors (Lipinski definition) is 1. The summed E-state index contributed by atoms with van der Waals surface area (Å²) >= 11 is 0. The molecule has 18 heavy (non-hydrogen) atoms. The Morgan fingerprint density at radius 1 is 1.06 bits per heavy atom. The molecule has 2 rings (SSSR count). The van der Waals surface area contributed by atoms with Crippen LogP contribution in [0.1, 0.15) is 46.0 Å². The Bertz CT molecular complexity index is 334. The Balaban J connectivity index is 2.01. The molecule has 5 nitrogen and oxygen atoms in total. The zero-order chi connectivity index (χ0) is 13.3. The van der Waals surface area contributed by atoms with E-state index >= 15 is 0 Å². The molecule has 0 aromatic carbocycles. The maximum atomic E-state index is 12.4. The van der Waals surface area contributed by atoms with E-state index < -0.39 is 18.2 Å². The molecule has 2 saturated heterocycles. The van der Waals surface area contributed by atoms with Crippen molar-refractivity contribution in [3.8, 4) is 0 Å². The summed E-state index contributed by atoms with van der Waals surface area (Å²) in [6.07, 6.45) is 2.77. The number of nitrogens with zero attached hydrogens (tertiary/aromatic N) is 1. The van der Waals surface area contributed by atoms with E-state index in [1.54, 1.807) is 0 Å². The lowest BCUT2D eigenvalue weighted by Crippen LogP contribution is -2.51. The van der Waals surface area contributed by atoms with E-state index in [2.05, 4.69) is 13.8 Å². The van der Waals surface area contributed by atoms with Crippen molar-refractivity contribution in [1.82, 2.24) is 4.90 Å². The van der Waals surface area contributed by atoms with Crippen molar-refractivity contribution in [3.05, 3.63) is 0 Å². The van der Waals surface area contributed by atoms with Crippen LogP contribution in [0.2, 0.25) is 0 Å². The predicted octanol–water partition coefficient (Wildman–Crippen LogP) is 1.41. The second kappa shape index (κ2) is 5.26. The minimum atomic E-state index is -0.968. The van der Waals surface area contributed by atoms with Gasteiger partial charge in [0.2, 0.25) is 0 Å². The van der Waals surface area contributed by atoms with Crippen LogP contribution < -0.4 is 0 Å². The highest BCUT2D eigenvalue weighted by Gasteiger charge is 2.40. The van der Waals surface area contributed by atoms with Crippen LogP contribution in [0.25, 0.3) is 0 Å². The van der Waals surface area contributed by atoms with E-state index in [0.717, 1.165) is 19.3 Å². The van der Waals surface area contributed by atoms with Crippen LogP contribution in [0, 0.1) is 0 Å². The van der Waals surface area contributed by atoms with Crippen LogP contribution in [-0.4, -0.2) is 46.2 Å². The molecule has 1 N–H and O–H groups in total. The molecule has 0 radical (unpaired) electrons. The Morgan fingerprint density at radius 3 is 2.11 bits per heavy atom. The SMILES string of the molecule is C[C@@H]1CCC[C@H](C)N1C(=O)[C@@H]1CC[C@H](C(=O)O)O1. The largest absolute Gasteiger partial charge is 0.479 e. The van der Waals surface area contributed by atoms with Crippen LogP contribution in [-0.2, 0) is 14.3 Å². The van der Waals surface area contributed by atoms with Crippen molar-refractivity contribution >= 4 is 11.9 Å². The number of rotatable bonds is 2. The van der Waals surface area contributed by atoms with Crippen molar-refractivity contribution in [2.24, 2.45) is 0 Å². The molecule has 0 spiro atoms. The smallest absolute Gasteiger partial charge is 0.332 e. The van der Waals surface area contributed by atoms with Gasteiger partial charge in [-0.25, -0.2) is 4.79 Å². The predicted molar refractivity (Wildman–Crippen MR) is 65.2 cm³/mol. The molecule has 2 fully saturated rings. The topological polar surface area (TPSA) is 66.8 Å². The van der Waals surface area contributed by atoms with Crippen molar-refractivity contribution in [1.29, 1.82) is 0 Å². The molecule has 0 aliphatic carbocycles. The van der Waals surface area contributed by atoms with Gasteiger partial charge in [-0.05, 0) is 46.0 Å². The molecule has 5 heteroatoms. The van der Waals surface area contributed by atoms with Gasteiger partial charge < -0.3 is 14.7 Å². The monoisotopic (exact) mass is 255 g/mol. The van der Waals surface area contributed by atoms with Crippen LogP contribution in [0.4, 0.5) is 0 Å². The van der Waals surface area contributed by atoms with E-state index in [-0.39, 0.29) is 18.0 Å². The molecular formula is C13H21NO4. The number of aliphatic carboxylic acids is 1. The Hall–Kier alpha value is -1.10. The first kappa shape index (κ1) is 13.3. The molecule has 0 unspecified atom stereocenters. The molecular weight excluding hydrogens is 234 g/mol. The molecule has 4 atom stereocenters. The molecule has 0 bridgehead atoms. The number of hydrogen-bond acceptors (Lipinski definition) is 3. The van der Waals surface area contributed by atoms with E-state index in [1.807, 2.05) is 4.90 Å². The second-order valence-corrected chi connectivity index (χ2v) is 5.40. The summed E-state index contributed by atoms with van der Waals surface area (Å²) in [6.45, 7) is 4.11. The molecule has 0 aromatic rings. The number of amides is 1. The summed E-state index contributed by atoms with van der Waals surface area (Å²) in [5.41, 5.74) is 0. The second-order valence-electron chi connectivity index (χ2n) is 5.40. The van der Waals surface area contributed by atoms with Gasteiger partial charge in [-0.3, -0.25) is 4.79 Å². The fourth-order valence-corrected chi connectivity index (χ4v) is 3.02. The lowest BCUT2D eigenvalue weighted by molar-refractivity contribution is -0.157. The molecule has 0 saturated carbocycles. The van der Waals surface area contributed by atoms with E-state index in [0.29, 0.717) is 12.8 Å². The molecule has 0 aromatic heterocycles. The van der Waals surface area contributed by atoms with Gasteiger partial charge in [-0.1, -0.05) is 0 Å². The summed E-state index contributed by atoms with van der Waals surface area (Å²) in [5, 5.41) is 8.88. The Labute approximate surface area is 107 Å². The van der Waals surface area contributed by atoms with Gasteiger partial charge in [-0.15, -0.1) is 0 Å². The summed E-state index contributed by atoms with van der Waals surface area (Å²) in [5.74, 6) is -0.997. The maximum Gasteiger partial charge on any atom is 0.332 e. The number of ether oxygens (including phenoxy) is 1. The number of carbonyl (C=O) groups is 2. The Morgan fingerprint density at radius 2 is 1.61 bits per heavy atom. The summed E-state index contributed by atoms with van der Waals surface area (Å²) in [7, 11) is 0. The summed E-state index contributed by atoms with van der Waals surface area (Å²) in [6, 6.07) is 0.461. The summed E-state index contributed by atoms with van der Waals surface area (Å²) < 4.78 is 5.34. The van der Waals surface area contributed by atoms with Crippen LogP contribution in [0.3, 0.4) is 0 Å². The minimum absolute atomic E-state index is 0.0292. The third kappa shape index (κ3) is 2.51. The van der Waals surface area contributed by atoms with Gasteiger partial charge in [0, 0.05) is 12.1 Å². The zero-order valence-corrected chi connectivity index (χ0v) is 11.0. The molecule has 102 valence electrons. The van der Waals surface area contributed by atoms with E-state index in [4.69, 9.17) is 9.84 Å². The maximum absolute atomic E-state index is 12.4. The van der Waals surface area contributed by atoms with Gasteiger partial charge in [0.25, 0.3) is 5.91 Å². The minimum Gasteiger partial charge on any atom is -0.479 e. The lowest BCUT2D eigenvalue weighted by Gasteiger charge is -2.40. The number of piperidine rings is 1. The average Bonchev–Trinajstić information content (AvgIpc) is 2.77. The van der Waals surface area contributed by atoms with E-state index in [9.17, 15) is 9.59 Å². The quantitative estimate of drug-likeness (QED) is 0.810. The highest BCUT2D eigenvalue weighted by molar-refractivity contribution is 5.83. The first-order chi connectivity index (χ1) is 8.50. The average molecular weight is 255 g/mol. The highest BCUT2D eigenvalue weighted by atomic mass is 16.5. The van der Waals surface area contributed by atoms with Crippen LogP contribution >= 0.6 is 0 Å². The molecule has 1 amide bonds. The molecule has 2 aliphatic rings. The van der Waals surface area contributed by atoms with Gasteiger partial charge in [-0.2, -0.15) is 0 Å². The fourth-order valence-electron chi connectivity index (χ4n) is 3.02. The van der Waals surface area contributed by atoms with Gasteiger partial charge in [0.15, 0.2) is 6.10 Å². The van der Waals surface area contributed by atoms with Gasteiger partial charge in [0.1, 0.15) is 6.10 Å². The van der Waals surface area contributed by atoms with E-state index in [1.165, 1.54) is 0 Å². The van der Waals surface area contributed by atoms with Crippen LogP contribution in [0.5, 0.6) is 0 Å². The first-order valence-electron chi connectivity index (χ1n) is 6.71. The number of carboxylic acid groups (broad SMARTS) is 1. The number of likely N-dealkylation sites (tertiary alicyclic amines) is 1. The van der Waals surface area contributed by atoms with Crippen molar-refractivity contribution in [2.45, 2.75) is 70.2 Å². The number of carbonyl (C=O) groups excluding carboxylic acids is 1. The third-order valence-corrected chi connectivity index (χ3v) is 4.02. The molecule has 2 heterocycles. The van der Waals surface area contributed by atoms with Crippen molar-refractivity contribution in [2.75, 3.05) is 0 Å². The number of carboxylic acids is 1. The normalized spacial score (nSPS) is 36.7. The zero-order valence-electron chi connectivity index (χ0n) is 11.0.